The van der Waals surface area contributed by atoms with Crippen LogP contribution in [0.5, 0.6) is 0 Å². The predicted octanol–water partition coefficient (Wildman–Crippen LogP) is 3.07. The molecule has 0 bridgehead atoms. The molecule has 0 saturated heterocycles. The van der Waals surface area contributed by atoms with Gasteiger partial charge in [0.25, 0.3) is 0 Å². The zero-order valence-electron chi connectivity index (χ0n) is 13.5. The molecule has 1 heterocycles. The number of carbonyl (C=O) groups is 1. The number of carbonyl (C=O) groups excluding carboxylic acids is 1. The van der Waals surface area contributed by atoms with Gasteiger partial charge in [-0.05, 0) is 19.3 Å². The number of rotatable bonds is 8. The van der Waals surface area contributed by atoms with Crippen molar-refractivity contribution in [3.05, 3.63) is 16.1 Å². The number of aromatic nitrogens is 1. The van der Waals surface area contributed by atoms with Crippen molar-refractivity contribution < 1.29 is 9.00 Å². The summed E-state index contributed by atoms with van der Waals surface area (Å²) in [5.41, 5.74) is 0.823. The van der Waals surface area contributed by atoms with E-state index < -0.39 is 16.0 Å². The van der Waals surface area contributed by atoms with Crippen molar-refractivity contribution in [1.29, 1.82) is 0 Å². The maximum absolute atomic E-state index is 12.2. The van der Waals surface area contributed by atoms with Crippen LogP contribution in [0.1, 0.15) is 57.7 Å². The highest BCUT2D eigenvalue weighted by Crippen LogP contribution is 2.20. The van der Waals surface area contributed by atoms with Crippen LogP contribution in [-0.2, 0) is 21.3 Å². The lowest BCUT2D eigenvalue weighted by Crippen LogP contribution is -2.36. The zero-order chi connectivity index (χ0) is 16.0. The van der Waals surface area contributed by atoms with E-state index in [4.69, 9.17) is 0 Å². The molecule has 1 aromatic heterocycles. The maximum Gasteiger partial charge on any atom is 0.235 e. The minimum atomic E-state index is -1.23. The fourth-order valence-electron chi connectivity index (χ4n) is 1.67. The molecule has 0 fully saturated rings. The minimum Gasteiger partial charge on any atom is -0.355 e. The van der Waals surface area contributed by atoms with E-state index in [1.54, 1.807) is 18.3 Å². The van der Waals surface area contributed by atoms with E-state index in [1.165, 1.54) is 0 Å². The van der Waals surface area contributed by atoms with E-state index in [0.29, 0.717) is 24.1 Å². The van der Waals surface area contributed by atoms with Gasteiger partial charge in [0.15, 0.2) is 0 Å². The summed E-state index contributed by atoms with van der Waals surface area (Å²) in [6.45, 7) is 10.8. The summed E-state index contributed by atoms with van der Waals surface area (Å²) in [6, 6.07) is 0. The molecule has 21 heavy (non-hydrogen) atoms. The fourth-order valence-corrected chi connectivity index (χ4v) is 3.62. The first-order valence-corrected chi connectivity index (χ1v) is 9.66. The van der Waals surface area contributed by atoms with Gasteiger partial charge in [0, 0.05) is 28.6 Å². The van der Waals surface area contributed by atoms with Crippen molar-refractivity contribution in [3.8, 4) is 0 Å². The van der Waals surface area contributed by atoms with Gasteiger partial charge in [0.05, 0.1) is 16.5 Å². The molecule has 0 radical (unpaired) electrons. The van der Waals surface area contributed by atoms with Crippen molar-refractivity contribution in [3.63, 3.8) is 0 Å². The molecule has 1 amide bonds. The first kappa shape index (κ1) is 18.3. The molecule has 1 N–H and O–H groups in total. The Morgan fingerprint density at radius 2 is 2.00 bits per heavy atom. The van der Waals surface area contributed by atoms with Crippen LogP contribution in [0.15, 0.2) is 5.38 Å². The normalized spacial score (nSPS) is 14.4. The summed E-state index contributed by atoms with van der Waals surface area (Å²) < 4.78 is 12.2. The topological polar surface area (TPSA) is 59.1 Å². The Kier molecular flexibility index (Phi) is 7.52. The Bertz CT molecular complexity index is 484. The van der Waals surface area contributed by atoms with Crippen LogP contribution in [0.3, 0.4) is 0 Å². The molecule has 1 rings (SSSR count). The van der Waals surface area contributed by atoms with E-state index in [0.717, 1.165) is 17.1 Å². The van der Waals surface area contributed by atoms with Crippen molar-refractivity contribution in [1.82, 2.24) is 10.3 Å². The van der Waals surface area contributed by atoms with Gasteiger partial charge in [-0.25, -0.2) is 4.98 Å². The molecule has 4 nitrogen and oxygen atoms in total. The third kappa shape index (κ3) is 6.26. The largest absolute Gasteiger partial charge is 0.355 e. The Labute approximate surface area is 134 Å². The number of thiazole rings is 1. The zero-order valence-corrected chi connectivity index (χ0v) is 15.1. The third-order valence-electron chi connectivity index (χ3n) is 3.14. The summed E-state index contributed by atoms with van der Waals surface area (Å²) >= 11 is 1.59. The Hall–Kier alpha value is -0.750. The summed E-state index contributed by atoms with van der Waals surface area (Å²) in [6.07, 6.45) is 0.939. The van der Waals surface area contributed by atoms with Crippen LogP contribution >= 0.6 is 11.3 Å². The van der Waals surface area contributed by atoms with Crippen molar-refractivity contribution >= 4 is 28.0 Å². The average molecular weight is 331 g/mol. The molecule has 0 saturated carbocycles. The molecule has 0 aliphatic rings. The van der Waals surface area contributed by atoms with E-state index in [9.17, 15) is 9.00 Å². The van der Waals surface area contributed by atoms with Crippen LogP contribution < -0.4 is 5.32 Å². The molecule has 0 aliphatic carbocycles. The van der Waals surface area contributed by atoms with Gasteiger partial charge < -0.3 is 5.32 Å². The lowest BCUT2D eigenvalue weighted by Gasteiger charge is -2.12. The molecule has 0 aliphatic heterocycles. The van der Waals surface area contributed by atoms with Gasteiger partial charge in [0.1, 0.15) is 5.25 Å². The summed E-state index contributed by atoms with van der Waals surface area (Å²) in [4.78, 5) is 16.4. The van der Waals surface area contributed by atoms with Crippen molar-refractivity contribution in [2.45, 2.75) is 58.0 Å². The Balaban J connectivity index is 2.47. The number of nitrogens with one attached hydrogen (secondary N) is 1. The molecule has 0 spiro atoms. The highest BCUT2D eigenvalue weighted by atomic mass is 32.2. The van der Waals surface area contributed by atoms with Gasteiger partial charge in [-0.1, -0.05) is 27.7 Å². The standard InChI is InChI=1S/C15H26N2O2S2/c1-10(2)6-7-16-14(18)12(5)21(19)9-13-8-20-15(17-13)11(3)4/h8,10-12H,6-7,9H2,1-5H3,(H,16,18)/t12-,21+/m1/s1. The number of hydrogen-bond donors (Lipinski definition) is 1. The van der Waals surface area contributed by atoms with E-state index in [-0.39, 0.29) is 5.91 Å². The van der Waals surface area contributed by atoms with Crippen LogP contribution in [0.4, 0.5) is 0 Å². The van der Waals surface area contributed by atoms with Gasteiger partial charge in [0.2, 0.25) is 5.91 Å². The van der Waals surface area contributed by atoms with E-state index in [1.807, 2.05) is 5.38 Å². The first-order valence-electron chi connectivity index (χ1n) is 7.40. The molecular weight excluding hydrogens is 304 g/mol. The number of amides is 1. The summed E-state index contributed by atoms with van der Waals surface area (Å²) in [5, 5.41) is 5.35. The molecule has 0 aromatic carbocycles. The first-order chi connectivity index (χ1) is 9.81. The van der Waals surface area contributed by atoms with Gasteiger partial charge in [-0.15, -0.1) is 11.3 Å². The van der Waals surface area contributed by atoms with E-state index >= 15 is 0 Å². The van der Waals surface area contributed by atoms with Crippen LogP contribution in [0, 0.1) is 5.92 Å². The van der Waals surface area contributed by atoms with Crippen molar-refractivity contribution in [2.24, 2.45) is 5.92 Å². The SMILES string of the molecule is CC(C)CCNC(=O)[C@@H](C)[S@@](=O)Cc1csc(C(C)C)n1. The minimum absolute atomic E-state index is 0.131. The Morgan fingerprint density at radius 1 is 1.33 bits per heavy atom. The van der Waals surface area contributed by atoms with Crippen LogP contribution in [-0.4, -0.2) is 26.9 Å². The Morgan fingerprint density at radius 3 is 2.52 bits per heavy atom. The molecule has 6 heteroatoms. The number of hydrogen-bond acceptors (Lipinski definition) is 4. The predicted molar refractivity (Wildman–Crippen MR) is 90.0 cm³/mol. The highest BCUT2D eigenvalue weighted by molar-refractivity contribution is 7.85. The lowest BCUT2D eigenvalue weighted by molar-refractivity contribution is -0.120. The fraction of sp³-hybridized carbons (Fsp3) is 0.733. The monoisotopic (exact) mass is 330 g/mol. The van der Waals surface area contributed by atoms with Crippen LogP contribution in [0.2, 0.25) is 0 Å². The molecule has 1 aromatic rings. The highest BCUT2D eigenvalue weighted by Gasteiger charge is 2.21. The molecule has 2 atom stereocenters. The lowest BCUT2D eigenvalue weighted by atomic mass is 10.1. The quantitative estimate of drug-likeness (QED) is 0.797. The number of nitrogens with zero attached hydrogens (tertiary/aromatic N) is 1. The second-order valence-electron chi connectivity index (χ2n) is 5.97. The maximum atomic E-state index is 12.2. The smallest absolute Gasteiger partial charge is 0.235 e. The molecule has 0 unspecified atom stereocenters. The van der Waals surface area contributed by atoms with Crippen molar-refractivity contribution in [2.75, 3.05) is 6.54 Å². The van der Waals surface area contributed by atoms with Crippen LogP contribution in [0.25, 0.3) is 0 Å². The summed E-state index contributed by atoms with van der Waals surface area (Å²) in [7, 11) is -1.23. The summed E-state index contributed by atoms with van der Waals surface area (Å²) in [5.74, 6) is 1.15. The van der Waals surface area contributed by atoms with Gasteiger partial charge >= 0.3 is 0 Å². The van der Waals surface area contributed by atoms with Gasteiger partial charge in [-0.3, -0.25) is 9.00 Å². The van der Waals surface area contributed by atoms with E-state index in [2.05, 4.69) is 38.0 Å². The molecule has 120 valence electrons. The average Bonchev–Trinajstić information content (AvgIpc) is 2.85. The second-order valence-corrected chi connectivity index (χ2v) is 8.62. The second kappa shape index (κ2) is 8.63. The van der Waals surface area contributed by atoms with Gasteiger partial charge in [-0.2, -0.15) is 0 Å². The molecular formula is C15H26N2O2S2. The third-order valence-corrected chi connectivity index (χ3v) is 5.92.